The van der Waals surface area contributed by atoms with Crippen LogP contribution in [-0.2, 0) is 38.8 Å². The number of aliphatic hydroxyl groups is 2. The van der Waals surface area contributed by atoms with Gasteiger partial charge >= 0.3 is 29.6 Å². The van der Waals surface area contributed by atoms with Gasteiger partial charge < -0.3 is 31.5 Å². The van der Waals surface area contributed by atoms with E-state index in [4.69, 9.17) is 49.8 Å². The molecule has 13 heteroatoms. The third-order valence-corrected chi connectivity index (χ3v) is 7.68. The zero-order valence-electron chi connectivity index (χ0n) is 29.8. The molecule has 0 aliphatic carbocycles. The first kappa shape index (κ1) is 47.0. The molecule has 3 aromatic carbocycles. The number of amides is 2. The normalized spacial score (nSPS) is 14.6. The van der Waals surface area contributed by atoms with Crippen molar-refractivity contribution in [1.82, 2.24) is 15.1 Å². The number of hydrogen-bond donors (Lipinski definition) is 3. The molecule has 3 N–H and O–H groups in total. The Morgan fingerprint density at radius 3 is 1.82 bits per heavy atom. The second-order valence-corrected chi connectivity index (χ2v) is 11.9. The van der Waals surface area contributed by atoms with E-state index in [-0.39, 0.29) is 92.5 Å². The van der Waals surface area contributed by atoms with E-state index in [1.54, 1.807) is 11.8 Å². The topological polar surface area (TPSA) is 119 Å². The Morgan fingerprint density at radius 2 is 1.39 bits per heavy atom. The fourth-order valence-electron chi connectivity index (χ4n) is 4.16. The summed E-state index contributed by atoms with van der Waals surface area (Å²) in [6, 6.07) is 30.0. The number of carbonyl (C=O) groups is 3. The number of rotatable bonds is 12. The van der Waals surface area contributed by atoms with Gasteiger partial charge in [0.15, 0.2) is 0 Å². The number of alkyl halides is 2. The van der Waals surface area contributed by atoms with Crippen LogP contribution in [0.4, 0.5) is 0 Å². The van der Waals surface area contributed by atoms with E-state index in [1.807, 2.05) is 97.6 Å². The first-order valence-electron chi connectivity index (χ1n) is 15.6. The summed E-state index contributed by atoms with van der Waals surface area (Å²) >= 11 is 15.1. The van der Waals surface area contributed by atoms with Crippen LogP contribution in [0.15, 0.2) is 91.0 Å². The zero-order chi connectivity index (χ0) is 35.7. The van der Waals surface area contributed by atoms with E-state index < -0.39 is 5.24 Å². The van der Waals surface area contributed by atoms with Crippen LogP contribution in [0, 0.1) is 0 Å². The number of halogens is 3. The fourth-order valence-corrected chi connectivity index (χ4v) is 4.31. The second kappa shape index (κ2) is 28.7. The standard InChI is InChI=1S/C12H16ClNO2.C12H15NO2.C10H15NO.C2H2Cl2O.Na.H/c1-10(9-15)14(12(16)7-13)8-11-5-3-2-4-6-11;1-10-8-15-9-12(14)13(10)7-11-5-3-2-4-6-11;1-9(8-12)11-7-10-5-3-2-4-6-10;3-1-2(4)5;;/h2-6,10,15H,7-9H2,1H3;2-6,10H,7-9H2,1H3;2-6,9,11-12H,7-8H2,1H3;1H2;;/q;;;;+1;-1. The molecule has 0 spiro atoms. The Morgan fingerprint density at radius 1 is 0.898 bits per heavy atom. The van der Waals surface area contributed by atoms with Crippen molar-refractivity contribution in [3.05, 3.63) is 108 Å². The van der Waals surface area contributed by atoms with E-state index in [1.165, 1.54) is 11.1 Å². The van der Waals surface area contributed by atoms with Crippen molar-refractivity contribution in [2.75, 3.05) is 38.2 Å². The number of benzene rings is 3. The molecule has 1 heterocycles. The summed E-state index contributed by atoms with van der Waals surface area (Å²) in [6.07, 6.45) is 0. The molecule has 3 unspecified atom stereocenters. The van der Waals surface area contributed by atoms with E-state index in [0.29, 0.717) is 19.7 Å². The minimum atomic E-state index is -0.508. The van der Waals surface area contributed by atoms with Gasteiger partial charge in [-0.05, 0) is 49.1 Å². The third kappa shape index (κ3) is 21.1. The first-order chi connectivity index (χ1) is 23.1. The van der Waals surface area contributed by atoms with Gasteiger partial charge in [-0.25, -0.2) is 0 Å². The Labute approximate surface area is 329 Å². The van der Waals surface area contributed by atoms with Crippen molar-refractivity contribution in [3.8, 4) is 0 Å². The Hall–Kier alpha value is -2.02. The maximum absolute atomic E-state index is 11.6. The van der Waals surface area contributed by atoms with Crippen LogP contribution < -0.4 is 34.9 Å². The largest absolute Gasteiger partial charge is 1.00 e. The molecule has 266 valence electrons. The van der Waals surface area contributed by atoms with Crippen LogP contribution >= 0.6 is 34.8 Å². The molecule has 0 saturated carbocycles. The van der Waals surface area contributed by atoms with Crippen LogP contribution in [0.3, 0.4) is 0 Å². The molecule has 1 aliphatic heterocycles. The zero-order valence-corrected chi connectivity index (χ0v) is 33.1. The predicted molar refractivity (Wildman–Crippen MR) is 194 cm³/mol. The predicted octanol–water partition coefficient (Wildman–Crippen LogP) is 2.33. The molecule has 1 fully saturated rings. The maximum Gasteiger partial charge on any atom is 1.00 e. The number of nitrogens with zero attached hydrogens (tertiary/aromatic N) is 2. The van der Waals surface area contributed by atoms with Gasteiger partial charge in [0.2, 0.25) is 17.1 Å². The molecule has 0 radical (unpaired) electrons. The van der Waals surface area contributed by atoms with Crippen LogP contribution in [0.5, 0.6) is 0 Å². The molecule has 4 rings (SSSR count). The number of morpholine rings is 1. The average molecular weight is 749 g/mol. The minimum Gasteiger partial charge on any atom is -1.00 e. The summed E-state index contributed by atoms with van der Waals surface area (Å²) in [5.74, 6) is -0.233. The molecular weight excluding hydrogens is 700 g/mol. The van der Waals surface area contributed by atoms with Crippen molar-refractivity contribution in [1.29, 1.82) is 0 Å². The first-order valence-corrected chi connectivity index (χ1v) is 17.0. The van der Waals surface area contributed by atoms with Gasteiger partial charge in [0.05, 0.1) is 37.8 Å². The van der Waals surface area contributed by atoms with Crippen LogP contribution in [0.1, 0.15) is 38.9 Å². The van der Waals surface area contributed by atoms with E-state index in [9.17, 15) is 14.4 Å². The average Bonchev–Trinajstić information content (AvgIpc) is 3.12. The Balaban J connectivity index is 0. The SMILES string of the molecule is CC(CO)N(Cc1ccccc1)C(=O)CCl.CC(CO)NCc1ccccc1.CC1COCC(=O)N1Cc1ccccc1.O=C(Cl)CCl.[H-].[Na+]. The van der Waals surface area contributed by atoms with Crippen LogP contribution in [-0.4, -0.2) is 93.4 Å². The maximum atomic E-state index is 11.6. The van der Waals surface area contributed by atoms with E-state index >= 15 is 0 Å². The summed E-state index contributed by atoms with van der Waals surface area (Å²) in [6.45, 7) is 8.75. The Kier molecular flexibility index (Phi) is 27.5. The van der Waals surface area contributed by atoms with Gasteiger partial charge in [0.1, 0.15) is 12.5 Å². The molecule has 1 aliphatic rings. The van der Waals surface area contributed by atoms with E-state index in [2.05, 4.69) is 17.4 Å². The molecule has 3 atom stereocenters. The van der Waals surface area contributed by atoms with Crippen molar-refractivity contribution in [3.63, 3.8) is 0 Å². The second-order valence-electron chi connectivity index (χ2n) is 11.0. The summed E-state index contributed by atoms with van der Waals surface area (Å²) in [4.78, 5) is 36.1. The molecule has 9 nitrogen and oxygen atoms in total. The Bertz CT molecular complexity index is 1310. The number of carbonyl (C=O) groups excluding carboxylic acids is 3. The molecule has 3 aromatic rings. The van der Waals surface area contributed by atoms with E-state index in [0.717, 1.165) is 12.1 Å². The summed E-state index contributed by atoms with van der Waals surface area (Å²) in [7, 11) is 0. The molecule has 2 amide bonds. The van der Waals surface area contributed by atoms with Crippen molar-refractivity contribution in [2.45, 2.75) is 58.5 Å². The fraction of sp³-hybridized carbons (Fsp3) is 0.417. The number of ether oxygens (including phenoxy) is 1. The van der Waals surface area contributed by atoms with Crippen molar-refractivity contribution >= 4 is 51.9 Å². The van der Waals surface area contributed by atoms with Gasteiger partial charge in [-0.2, -0.15) is 0 Å². The summed E-state index contributed by atoms with van der Waals surface area (Å²) in [5, 5.41) is 20.5. The van der Waals surface area contributed by atoms with Gasteiger partial charge in [-0.3, -0.25) is 14.4 Å². The summed E-state index contributed by atoms with van der Waals surface area (Å²) < 4.78 is 5.17. The summed E-state index contributed by atoms with van der Waals surface area (Å²) in [5.41, 5.74) is 3.44. The minimum absolute atomic E-state index is 0. The number of hydrogen-bond acceptors (Lipinski definition) is 7. The van der Waals surface area contributed by atoms with Gasteiger partial charge in [0, 0.05) is 25.7 Å². The molecule has 0 bridgehead atoms. The van der Waals surface area contributed by atoms with Gasteiger partial charge in [-0.15, -0.1) is 23.2 Å². The smallest absolute Gasteiger partial charge is 1.00 e. The monoisotopic (exact) mass is 747 g/mol. The molecule has 49 heavy (non-hydrogen) atoms. The van der Waals surface area contributed by atoms with Crippen LogP contribution in [0.25, 0.3) is 0 Å². The van der Waals surface area contributed by atoms with Crippen LogP contribution in [0.2, 0.25) is 0 Å². The number of nitrogens with one attached hydrogen (secondary N) is 1. The number of aliphatic hydroxyl groups excluding tert-OH is 2. The van der Waals surface area contributed by atoms with Gasteiger partial charge in [-0.1, -0.05) is 91.0 Å². The van der Waals surface area contributed by atoms with Gasteiger partial charge in [0.25, 0.3) is 0 Å². The quantitative estimate of drug-likeness (QED) is 0.148. The van der Waals surface area contributed by atoms with Crippen molar-refractivity contribution < 1.29 is 60.3 Å². The molecular formula is C36H49Cl3N3NaO6. The third-order valence-electron chi connectivity index (χ3n) is 6.94. The molecule has 1 saturated heterocycles. The van der Waals surface area contributed by atoms with Crippen molar-refractivity contribution in [2.24, 2.45) is 0 Å². The molecule has 0 aromatic heterocycles.